The van der Waals surface area contributed by atoms with E-state index in [1.54, 1.807) is 16.3 Å². The summed E-state index contributed by atoms with van der Waals surface area (Å²) in [4.78, 5) is 30.3. The van der Waals surface area contributed by atoms with Crippen LogP contribution in [0, 0.1) is 6.92 Å². The van der Waals surface area contributed by atoms with E-state index in [1.807, 2.05) is 26.8 Å². The predicted molar refractivity (Wildman–Crippen MR) is 103 cm³/mol. The number of aryl methyl sites for hydroxylation is 1. The van der Waals surface area contributed by atoms with Crippen molar-refractivity contribution in [2.24, 2.45) is 0 Å². The van der Waals surface area contributed by atoms with Crippen molar-refractivity contribution in [3.63, 3.8) is 0 Å². The van der Waals surface area contributed by atoms with Gasteiger partial charge in [-0.15, -0.1) is 11.3 Å². The van der Waals surface area contributed by atoms with Crippen LogP contribution < -0.4 is 9.64 Å². The molecule has 0 radical (unpaired) electrons. The Hall–Kier alpha value is -1.92. The van der Waals surface area contributed by atoms with Crippen molar-refractivity contribution in [1.29, 1.82) is 0 Å². The molecule has 1 aliphatic heterocycles. The molecule has 138 valence electrons. The summed E-state index contributed by atoms with van der Waals surface area (Å²) in [6.45, 7) is 6.62. The van der Waals surface area contributed by atoms with Crippen molar-refractivity contribution in [3.8, 4) is 5.75 Å². The number of hydrogen-bond acceptors (Lipinski definition) is 5. The molecular weight excluding hydrogens is 372 g/mol. The molecule has 7 heteroatoms. The molecule has 1 fully saturated rings. The Labute approximate surface area is 161 Å². The monoisotopic (exact) mass is 392 g/mol. The van der Waals surface area contributed by atoms with Gasteiger partial charge in [-0.2, -0.15) is 0 Å². The van der Waals surface area contributed by atoms with Crippen molar-refractivity contribution < 1.29 is 14.3 Å². The van der Waals surface area contributed by atoms with Crippen LogP contribution >= 0.6 is 22.9 Å². The van der Waals surface area contributed by atoms with E-state index in [0.29, 0.717) is 34.6 Å². The average Bonchev–Trinajstić information content (AvgIpc) is 3.19. The van der Waals surface area contributed by atoms with E-state index in [9.17, 15) is 9.59 Å². The Kier molecular flexibility index (Phi) is 5.63. The predicted octanol–water partition coefficient (Wildman–Crippen LogP) is 4.50. The second-order valence-electron chi connectivity index (χ2n) is 6.72. The van der Waals surface area contributed by atoms with Crippen LogP contribution in [0.15, 0.2) is 17.5 Å². The van der Waals surface area contributed by atoms with Gasteiger partial charge < -0.3 is 4.74 Å². The molecule has 1 aliphatic rings. The third-order valence-electron chi connectivity index (χ3n) is 4.31. The van der Waals surface area contributed by atoms with E-state index in [0.717, 1.165) is 17.5 Å². The van der Waals surface area contributed by atoms with Crippen LogP contribution in [-0.4, -0.2) is 23.4 Å². The van der Waals surface area contributed by atoms with Crippen molar-refractivity contribution in [1.82, 2.24) is 4.98 Å². The third-order valence-corrected chi connectivity index (χ3v) is 5.63. The Balaban J connectivity index is 1.71. The topological polar surface area (TPSA) is 59.5 Å². The molecule has 2 heterocycles. The Morgan fingerprint density at radius 1 is 1.42 bits per heavy atom. The first kappa shape index (κ1) is 18.9. The van der Waals surface area contributed by atoms with Crippen LogP contribution in [0.25, 0.3) is 0 Å². The highest BCUT2D eigenvalue weighted by Crippen LogP contribution is 2.32. The summed E-state index contributed by atoms with van der Waals surface area (Å²) in [6.07, 6.45) is 1.48. The second-order valence-corrected chi connectivity index (χ2v) is 7.96. The molecule has 0 aliphatic carbocycles. The smallest absolute Gasteiger partial charge is 0.317 e. The summed E-state index contributed by atoms with van der Waals surface area (Å²) in [5, 5.41) is 3.12. The van der Waals surface area contributed by atoms with Crippen LogP contribution in [0.4, 0.5) is 5.13 Å². The number of aromatic nitrogens is 1. The maximum atomic E-state index is 12.4. The SMILES string of the molecule is Cc1cc(OC(=O)Cc2csc(N3CCCC3=O)n2)c(C(C)C)cc1Cl. The van der Waals surface area contributed by atoms with E-state index in [1.165, 1.54) is 11.3 Å². The number of carbonyl (C=O) groups excluding carboxylic acids is 2. The second kappa shape index (κ2) is 7.76. The highest BCUT2D eigenvalue weighted by atomic mass is 35.5. The van der Waals surface area contributed by atoms with Crippen molar-refractivity contribution >= 4 is 39.9 Å². The Morgan fingerprint density at radius 3 is 2.85 bits per heavy atom. The zero-order chi connectivity index (χ0) is 18.8. The third kappa shape index (κ3) is 4.07. The maximum absolute atomic E-state index is 12.4. The lowest BCUT2D eigenvalue weighted by Crippen LogP contribution is -2.23. The molecule has 3 rings (SSSR count). The molecule has 5 nitrogen and oxygen atoms in total. The van der Waals surface area contributed by atoms with Gasteiger partial charge >= 0.3 is 5.97 Å². The van der Waals surface area contributed by atoms with Gasteiger partial charge in [0.2, 0.25) is 5.91 Å². The maximum Gasteiger partial charge on any atom is 0.317 e. The first-order valence-electron chi connectivity index (χ1n) is 8.60. The summed E-state index contributed by atoms with van der Waals surface area (Å²) in [7, 11) is 0. The fourth-order valence-electron chi connectivity index (χ4n) is 2.87. The number of esters is 1. The molecule has 1 aromatic carbocycles. The summed E-state index contributed by atoms with van der Waals surface area (Å²) in [5.41, 5.74) is 2.38. The van der Waals surface area contributed by atoms with Gasteiger partial charge in [0, 0.05) is 23.4 Å². The number of benzene rings is 1. The van der Waals surface area contributed by atoms with Crippen molar-refractivity contribution in [2.45, 2.75) is 46.0 Å². The molecule has 0 saturated carbocycles. The van der Waals surface area contributed by atoms with Gasteiger partial charge in [-0.05, 0) is 42.5 Å². The number of nitrogens with zero attached hydrogens (tertiary/aromatic N) is 2. The standard InChI is InChI=1S/C19H21ClN2O3S/c1-11(2)14-9-15(20)12(3)7-16(14)25-18(24)8-13-10-26-19(21-13)22-6-4-5-17(22)23/h7,9-11H,4-6,8H2,1-3H3. The molecular formula is C19H21ClN2O3S. The number of amides is 1. The largest absolute Gasteiger partial charge is 0.426 e. The van der Waals surface area contributed by atoms with Gasteiger partial charge in [0.05, 0.1) is 12.1 Å². The molecule has 0 N–H and O–H groups in total. The van der Waals surface area contributed by atoms with Crippen LogP contribution in [0.5, 0.6) is 5.75 Å². The molecule has 0 spiro atoms. The summed E-state index contributed by atoms with van der Waals surface area (Å²) >= 11 is 7.57. The minimum absolute atomic E-state index is 0.0672. The minimum atomic E-state index is -0.377. The van der Waals surface area contributed by atoms with E-state index in [-0.39, 0.29) is 24.2 Å². The average molecular weight is 393 g/mol. The van der Waals surface area contributed by atoms with Crippen molar-refractivity contribution in [3.05, 3.63) is 39.4 Å². The Morgan fingerprint density at radius 2 is 2.19 bits per heavy atom. The van der Waals surface area contributed by atoms with E-state index in [4.69, 9.17) is 16.3 Å². The number of anilines is 1. The quantitative estimate of drug-likeness (QED) is 0.555. The zero-order valence-electron chi connectivity index (χ0n) is 15.0. The molecule has 0 unspecified atom stereocenters. The summed E-state index contributed by atoms with van der Waals surface area (Å²) in [6, 6.07) is 3.65. The fraction of sp³-hybridized carbons (Fsp3) is 0.421. The number of hydrogen-bond donors (Lipinski definition) is 0. The number of rotatable bonds is 5. The van der Waals surface area contributed by atoms with Gasteiger partial charge in [-0.25, -0.2) is 4.98 Å². The molecule has 2 aromatic rings. The Bertz CT molecular complexity index is 847. The van der Waals surface area contributed by atoms with Gasteiger partial charge in [-0.3, -0.25) is 14.5 Å². The normalized spacial score (nSPS) is 14.3. The highest BCUT2D eigenvalue weighted by Gasteiger charge is 2.24. The lowest BCUT2D eigenvalue weighted by atomic mass is 10.0. The highest BCUT2D eigenvalue weighted by molar-refractivity contribution is 7.14. The molecule has 1 saturated heterocycles. The lowest BCUT2D eigenvalue weighted by Gasteiger charge is -2.14. The van der Waals surface area contributed by atoms with E-state index in [2.05, 4.69) is 4.98 Å². The lowest BCUT2D eigenvalue weighted by molar-refractivity contribution is -0.133. The first-order valence-corrected chi connectivity index (χ1v) is 9.86. The number of halogens is 1. The summed E-state index contributed by atoms with van der Waals surface area (Å²) < 4.78 is 5.59. The minimum Gasteiger partial charge on any atom is -0.426 e. The van der Waals surface area contributed by atoms with Gasteiger partial charge in [0.15, 0.2) is 5.13 Å². The molecule has 26 heavy (non-hydrogen) atoms. The molecule has 1 amide bonds. The van der Waals surface area contributed by atoms with Gasteiger partial charge in [-0.1, -0.05) is 25.4 Å². The molecule has 1 aromatic heterocycles. The van der Waals surface area contributed by atoms with Gasteiger partial charge in [0.1, 0.15) is 5.75 Å². The van der Waals surface area contributed by atoms with Crippen LogP contribution in [-0.2, 0) is 16.0 Å². The first-order chi connectivity index (χ1) is 12.3. The van der Waals surface area contributed by atoms with E-state index < -0.39 is 0 Å². The molecule has 0 bridgehead atoms. The summed E-state index contributed by atoms with van der Waals surface area (Å²) in [5.74, 6) is 0.435. The number of ether oxygens (including phenoxy) is 1. The zero-order valence-corrected chi connectivity index (χ0v) is 16.6. The van der Waals surface area contributed by atoms with Gasteiger partial charge in [0.25, 0.3) is 0 Å². The van der Waals surface area contributed by atoms with Crippen LogP contribution in [0.2, 0.25) is 5.02 Å². The number of thiazole rings is 1. The van der Waals surface area contributed by atoms with Crippen LogP contribution in [0.3, 0.4) is 0 Å². The fourth-order valence-corrected chi connectivity index (χ4v) is 3.91. The molecule has 0 atom stereocenters. The number of carbonyl (C=O) groups is 2. The van der Waals surface area contributed by atoms with E-state index >= 15 is 0 Å². The van der Waals surface area contributed by atoms with Crippen LogP contribution in [0.1, 0.15) is 49.4 Å². The van der Waals surface area contributed by atoms with Crippen molar-refractivity contribution in [2.75, 3.05) is 11.4 Å².